The number of rotatable bonds is 4. The van der Waals surface area contributed by atoms with E-state index in [1.807, 2.05) is 0 Å². The van der Waals surface area contributed by atoms with Gasteiger partial charge in [0, 0.05) is 19.2 Å². The molecular weight excluding hydrogens is 334 g/mol. The molecule has 1 unspecified atom stereocenters. The molecule has 0 bridgehead atoms. The Morgan fingerprint density at radius 3 is 2.56 bits per heavy atom. The summed E-state index contributed by atoms with van der Waals surface area (Å²) in [5.74, 6) is -2.16. The summed E-state index contributed by atoms with van der Waals surface area (Å²) in [5.41, 5.74) is -0.417. The van der Waals surface area contributed by atoms with Gasteiger partial charge in [-0.1, -0.05) is 11.2 Å². The summed E-state index contributed by atoms with van der Waals surface area (Å²) in [6.45, 7) is 0.480. The first-order valence-electron chi connectivity index (χ1n) is 8.00. The van der Waals surface area contributed by atoms with Crippen molar-refractivity contribution >= 4 is 5.91 Å². The predicted molar refractivity (Wildman–Crippen MR) is 83.6 cm³/mol. The molecule has 1 aliphatic heterocycles. The summed E-state index contributed by atoms with van der Waals surface area (Å²) < 4.78 is 32.6. The highest BCUT2D eigenvalue weighted by Gasteiger charge is 2.29. The molecule has 1 saturated heterocycles. The quantitative estimate of drug-likeness (QED) is 0.877. The molecule has 0 spiro atoms. The third kappa shape index (κ3) is 3.54. The number of amides is 1. The molecule has 1 aliphatic rings. The van der Waals surface area contributed by atoms with E-state index in [1.54, 1.807) is 0 Å². The summed E-state index contributed by atoms with van der Waals surface area (Å²) in [4.78, 5) is 14.0. The van der Waals surface area contributed by atoms with Crippen molar-refractivity contribution in [2.75, 3.05) is 19.7 Å². The number of aliphatic hydroxyl groups is 2. The van der Waals surface area contributed by atoms with Gasteiger partial charge in [0.05, 0.1) is 18.3 Å². The zero-order valence-corrected chi connectivity index (χ0v) is 13.4. The average molecular weight is 352 g/mol. The van der Waals surface area contributed by atoms with Gasteiger partial charge in [0.1, 0.15) is 17.3 Å². The predicted octanol–water partition coefficient (Wildman–Crippen LogP) is 1.83. The Balaban J connectivity index is 1.72. The number of aromatic nitrogens is 1. The lowest BCUT2D eigenvalue weighted by Gasteiger charge is -2.33. The summed E-state index contributed by atoms with van der Waals surface area (Å²) in [7, 11) is 0. The molecule has 25 heavy (non-hydrogen) atoms. The molecule has 1 atom stereocenters. The fourth-order valence-corrected chi connectivity index (χ4v) is 3.03. The van der Waals surface area contributed by atoms with Gasteiger partial charge in [-0.25, -0.2) is 8.78 Å². The molecular formula is C17H18F2N2O4. The van der Waals surface area contributed by atoms with Gasteiger partial charge in [-0.05, 0) is 30.9 Å². The van der Waals surface area contributed by atoms with E-state index in [0.29, 0.717) is 25.9 Å². The van der Waals surface area contributed by atoms with Crippen molar-refractivity contribution in [1.29, 1.82) is 0 Å². The van der Waals surface area contributed by atoms with Crippen LogP contribution >= 0.6 is 0 Å². The van der Waals surface area contributed by atoms with Gasteiger partial charge in [-0.15, -0.1) is 0 Å². The Hall–Kier alpha value is -2.32. The number of benzene rings is 1. The smallest absolute Gasteiger partial charge is 0.292 e. The van der Waals surface area contributed by atoms with Crippen molar-refractivity contribution in [3.63, 3.8) is 0 Å². The van der Waals surface area contributed by atoms with Crippen molar-refractivity contribution in [2.45, 2.75) is 18.9 Å². The number of halogens is 2. The van der Waals surface area contributed by atoms with Crippen LogP contribution < -0.4 is 0 Å². The van der Waals surface area contributed by atoms with Crippen molar-refractivity contribution < 1.29 is 28.3 Å². The first kappa shape index (κ1) is 17.5. The lowest BCUT2D eigenvalue weighted by Crippen LogP contribution is -2.41. The zero-order valence-electron chi connectivity index (χ0n) is 13.4. The molecule has 1 aromatic heterocycles. The number of hydrogen-bond acceptors (Lipinski definition) is 5. The maximum Gasteiger partial charge on any atom is 0.292 e. The minimum Gasteiger partial charge on any atom is -0.394 e. The molecule has 0 radical (unpaired) electrons. The van der Waals surface area contributed by atoms with Gasteiger partial charge >= 0.3 is 0 Å². The largest absolute Gasteiger partial charge is 0.394 e. The molecule has 2 aromatic rings. The number of hydrogen-bond donors (Lipinski definition) is 2. The van der Waals surface area contributed by atoms with Crippen LogP contribution in [0.5, 0.6) is 0 Å². The molecule has 8 heteroatoms. The molecule has 2 heterocycles. The molecule has 6 nitrogen and oxygen atoms in total. The minimum absolute atomic E-state index is 0.0631. The Morgan fingerprint density at radius 1 is 1.32 bits per heavy atom. The Kier molecular flexibility index (Phi) is 5.10. The van der Waals surface area contributed by atoms with Gasteiger partial charge in [-0.3, -0.25) is 4.79 Å². The SMILES string of the molecule is O=C(c1cc(-c2c(F)cccc2F)no1)N1CCC(C(O)CO)CC1. The molecule has 2 N–H and O–H groups in total. The van der Waals surface area contributed by atoms with E-state index in [2.05, 4.69) is 5.16 Å². The van der Waals surface area contributed by atoms with Crippen LogP contribution in [0.1, 0.15) is 23.4 Å². The van der Waals surface area contributed by atoms with Crippen LogP contribution in [0.25, 0.3) is 11.3 Å². The summed E-state index contributed by atoms with van der Waals surface area (Å²) in [6.07, 6.45) is 0.311. The van der Waals surface area contributed by atoms with Crippen molar-refractivity contribution in [2.24, 2.45) is 5.92 Å². The zero-order chi connectivity index (χ0) is 18.0. The van der Waals surface area contributed by atoms with Gasteiger partial charge in [0.25, 0.3) is 5.91 Å². The van der Waals surface area contributed by atoms with E-state index >= 15 is 0 Å². The van der Waals surface area contributed by atoms with E-state index in [4.69, 9.17) is 9.63 Å². The fraction of sp³-hybridized carbons (Fsp3) is 0.412. The Labute approximate surface area is 142 Å². The Morgan fingerprint density at radius 2 is 1.96 bits per heavy atom. The number of likely N-dealkylation sites (tertiary alicyclic amines) is 1. The number of carbonyl (C=O) groups excluding carboxylic acids is 1. The first-order chi connectivity index (χ1) is 12.0. The number of aliphatic hydroxyl groups excluding tert-OH is 2. The van der Waals surface area contributed by atoms with Crippen molar-refractivity contribution in [1.82, 2.24) is 10.1 Å². The maximum atomic E-state index is 13.8. The van der Waals surface area contributed by atoms with E-state index < -0.39 is 23.6 Å². The molecule has 0 aliphatic carbocycles. The second-order valence-electron chi connectivity index (χ2n) is 6.05. The normalized spacial score (nSPS) is 16.9. The molecule has 1 aromatic carbocycles. The van der Waals surface area contributed by atoms with Crippen LogP contribution in [0, 0.1) is 17.6 Å². The van der Waals surface area contributed by atoms with Gasteiger partial charge < -0.3 is 19.6 Å². The van der Waals surface area contributed by atoms with Crippen LogP contribution in [0.15, 0.2) is 28.8 Å². The molecule has 1 fully saturated rings. The molecule has 3 rings (SSSR count). The monoisotopic (exact) mass is 352 g/mol. The van der Waals surface area contributed by atoms with Crippen LogP contribution in [0.2, 0.25) is 0 Å². The lowest BCUT2D eigenvalue weighted by atomic mass is 9.91. The van der Waals surface area contributed by atoms with Crippen molar-refractivity contribution in [3.05, 3.63) is 41.7 Å². The highest BCUT2D eigenvalue weighted by atomic mass is 19.1. The third-order valence-electron chi connectivity index (χ3n) is 4.50. The number of carbonyl (C=O) groups is 1. The van der Waals surface area contributed by atoms with Gasteiger partial charge in [0.15, 0.2) is 0 Å². The van der Waals surface area contributed by atoms with Gasteiger partial charge in [-0.2, -0.15) is 0 Å². The highest BCUT2D eigenvalue weighted by molar-refractivity contribution is 5.92. The summed E-state index contributed by atoms with van der Waals surface area (Å²) >= 11 is 0. The third-order valence-corrected chi connectivity index (χ3v) is 4.50. The Bertz CT molecular complexity index is 737. The highest BCUT2D eigenvalue weighted by Crippen LogP contribution is 2.27. The second-order valence-corrected chi connectivity index (χ2v) is 6.05. The standard InChI is InChI=1S/C17H18F2N2O4/c18-11-2-1-3-12(19)16(11)13-8-15(25-20-13)17(24)21-6-4-10(5-7-21)14(23)9-22/h1-3,8,10,14,22-23H,4-7,9H2. The molecule has 0 saturated carbocycles. The molecule has 134 valence electrons. The fourth-order valence-electron chi connectivity index (χ4n) is 3.03. The second kappa shape index (κ2) is 7.28. The first-order valence-corrected chi connectivity index (χ1v) is 8.00. The average Bonchev–Trinajstić information content (AvgIpc) is 3.10. The molecule has 1 amide bonds. The van der Waals surface area contributed by atoms with Crippen LogP contribution in [0.4, 0.5) is 8.78 Å². The van der Waals surface area contributed by atoms with E-state index in [-0.39, 0.29) is 29.5 Å². The van der Waals surface area contributed by atoms with Crippen molar-refractivity contribution in [3.8, 4) is 11.3 Å². The summed E-state index contributed by atoms with van der Waals surface area (Å²) in [5, 5.41) is 22.2. The maximum absolute atomic E-state index is 13.8. The number of nitrogens with zero attached hydrogens (tertiary/aromatic N) is 2. The van der Waals surface area contributed by atoms with E-state index in [0.717, 1.165) is 12.1 Å². The van der Waals surface area contributed by atoms with E-state index in [9.17, 15) is 18.7 Å². The topological polar surface area (TPSA) is 86.8 Å². The number of piperidine rings is 1. The van der Waals surface area contributed by atoms with Crippen LogP contribution in [-0.4, -0.2) is 52.0 Å². The lowest BCUT2D eigenvalue weighted by molar-refractivity contribution is 0.0170. The van der Waals surface area contributed by atoms with Crippen LogP contribution in [0.3, 0.4) is 0 Å². The van der Waals surface area contributed by atoms with Gasteiger partial charge in [0.2, 0.25) is 5.76 Å². The summed E-state index contributed by atoms with van der Waals surface area (Å²) in [6, 6.07) is 4.67. The minimum atomic E-state index is -0.793. The van der Waals surface area contributed by atoms with Crippen LogP contribution in [-0.2, 0) is 0 Å². The van der Waals surface area contributed by atoms with E-state index in [1.165, 1.54) is 17.0 Å².